The first-order chi connectivity index (χ1) is 10.6. The third kappa shape index (κ3) is 5.10. The van der Waals surface area contributed by atoms with Crippen LogP contribution in [0, 0.1) is 0 Å². The highest BCUT2D eigenvalue weighted by Gasteiger charge is 2.21. The van der Waals surface area contributed by atoms with Crippen molar-refractivity contribution in [3.05, 3.63) is 36.2 Å². The Kier molecular flexibility index (Phi) is 7.49. The Balaban J connectivity index is 3.11. The van der Waals surface area contributed by atoms with Gasteiger partial charge in [-0.15, -0.1) is 0 Å². The van der Waals surface area contributed by atoms with Crippen LogP contribution in [0.2, 0.25) is 0 Å². The van der Waals surface area contributed by atoms with Crippen LogP contribution in [0.5, 0.6) is 0 Å². The molecular weight excluding hydrogens is 286 g/mol. The van der Waals surface area contributed by atoms with E-state index in [1.165, 1.54) is 6.20 Å². The van der Waals surface area contributed by atoms with Gasteiger partial charge in [0.15, 0.2) is 0 Å². The zero-order valence-electron chi connectivity index (χ0n) is 12.5. The van der Waals surface area contributed by atoms with Gasteiger partial charge in [0.05, 0.1) is 24.4 Å². The highest BCUT2D eigenvalue weighted by molar-refractivity contribution is 6.22. The van der Waals surface area contributed by atoms with E-state index < -0.39 is 11.8 Å². The Bertz CT molecular complexity index is 543. The molecule has 7 nitrogen and oxygen atoms in total. The molecule has 0 aliphatic heterocycles. The number of pyridine rings is 1. The van der Waals surface area contributed by atoms with E-state index in [2.05, 4.69) is 10.3 Å². The van der Waals surface area contributed by atoms with Gasteiger partial charge in [0.1, 0.15) is 0 Å². The van der Waals surface area contributed by atoms with E-state index in [0.29, 0.717) is 18.8 Å². The predicted molar refractivity (Wildman–Crippen MR) is 79.9 cm³/mol. The number of carbonyl (C=O) groups is 2. The standard InChI is InChI=1S/C15H18N3O4/c1-3-18(22-4-2)15(21)12(11-14(20)17-9-10-19)13-7-5-6-8-16-13/h5-8,11H,3-4,9H2,1-2H3,(H,17,20). The minimum absolute atomic E-state index is 0.0827. The van der Waals surface area contributed by atoms with Crippen LogP contribution in [0.25, 0.3) is 5.57 Å². The quantitative estimate of drug-likeness (QED) is 0.558. The van der Waals surface area contributed by atoms with Crippen molar-refractivity contribution in [3.8, 4) is 0 Å². The van der Waals surface area contributed by atoms with Gasteiger partial charge in [-0.2, -0.15) is 0 Å². The number of amides is 2. The summed E-state index contributed by atoms with van der Waals surface area (Å²) in [6.07, 6.45) is 4.17. The number of nitrogens with one attached hydrogen (secondary N) is 1. The summed E-state index contributed by atoms with van der Waals surface area (Å²) in [5.74, 6) is -1.06. The molecule has 0 spiro atoms. The Morgan fingerprint density at radius 1 is 1.41 bits per heavy atom. The number of likely N-dealkylation sites (N-methyl/N-ethyl adjacent to an activating group) is 1. The largest absolute Gasteiger partial charge is 0.345 e. The summed E-state index contributed by atoms with van der Waals surface area (Å²) < 4.78 is 0. The van der Waals surface area contributed by atoms with Crippen LogP contribution in [-0.4, -0.2) is 47.8 Å². The first-order valence-corrected chi connectivity index (χ1v) is 6.84. The van der Waals surface area contributed by atoms with Crippen molar-refractivity contribution >= 4 is 23.7 Å². The molecule has 0 bridgehead atoms. The van der Waals surface area contributed by atoms with Gasteiger partial charge < -0.3 is 5.32 Å². The second kappa shape index (κ2) is 9.41. The third-order valence-corrected chi connectivity index (χ3v) is 2.58. The fraction of sp³-hybridized carbons (Fsp3) is 0.333. The van der Waals surface area contributed by atoms with Crippen LogP contribution in [0.1, 0.15) is 19.5 Å². The lowest BCUT2D eigenvalue weighted by atomic mass is 10.1. The number of carbonyl (C=O) groups excluding carboxylic acids is 3. The van der Waals surface area contributed by atoms with Crippen LogP contribution in [-0.2, 0) is 19.2 Å². The number of aromatic nitrogens is 1. The molecule has 1 N–H and O–H groups in total. The Hall–Kier alpha value is -2.54. The highest BCUT2D eigenvalue weighted by atomic mass is 16.7. The van der Waals surface area contributed by atoms with E-state index in [-0.39, 0.29) is 12.1 Å². The van der Waals surface area contributed by atoms with Gasteiger partial charge in [0.25, 0.3) is 5.91 Å². The maximum Gasteiger partial charge on any atom is 0.279 e. The molecule has 7 heteroatoms. The molecule has 0 aliphatic rings. The van der Waals surface area contributed by atoms with E-state index in [9.17, 15) is 14.4 Å². The summed E-state index contributed by atoms with van der Waals surface area (Å²) in [7, 11) is 0. The SMILES string of the molecule is CCON(CC)C(=O)C(=CC(=O)NC[C]=O)c1ccccn1. The normalized spacial score (nSPS) is 10.9. The Labute approximate surface area is 128 Å². The smallest absolute Gasteiger partial charge is 0.279 e. The minimum atomic E-state index is -0.579. The first kappa shape index (κ1) is 17.5. The van der Waals surface area contributed by atoms with Crippen LogP contribution in [0.15, 0.2) is 30.5 Å². The van der Waals surface area contributed by atoms with Crippen molar-refractivity contribution in [2.24, 2.45) is 0 Å². The van der Waals surface area contributed by atoms with Crippen molar-refractivity contribution in [1.29, 1.82) is 0 Å². The summed E-state index contributed by atoms with van der Waals surface area (Å²) in [5, 5.41) is 3.45. The average molecular weight is 304 g/mol. The van der Waals surface area contributed by atoms with Gasteiger partial charge >= 0.3 is 0 Å². The van der Waals surface area contributed by atoms with Crippen molar-refractivity contribution in [2.75, 3.05) is 19.7 Å². The van der Waals surface area contributed by atoms with Crippen LogP contribution in [0.4, 0.5) is 0 Å². The zero-order chi connectivity index (χ0) is 16.4. The molecule has 0 atom stereocenters. The van der Waals surface area contributed by atoms with Gasteiger partial charge in [-0.3, -0.25) is 24.2 Å². The maximum absolute atomic E-state index is 12.5. The van der Waals surface area contributed by atoms with Crippen molar-refractivity contribution < 1.29 is 19.2 Å². The topological polar surface area (TPSA) is 88.6 Å². The van der Waals surface area contributed by atoms with Crippen LogP contribution >= 0.6 is 0 Å². The molecule has 1 aromatic rings. The molecule has 0 aliphatic carbocycles. The second-order valence-corrected chi connectivity index (χ2v) is 4.05. The highest BCUT2D eigenvalue weighted by Crippen LogP contribution is 2.15. The monoisotopic (exact) mass is 304 g/mol. The minimum Gasteiger partial charge on any atom is -0.345 e. The fourth-order valence-corrected chi connectivity index (χ4v) is 1.66. The molecule has 0 saturated carbocycles. The third-order valence-electron chi connectivity index (χ3n) is 2.58. The van der Waals surface area contributed by atoms with Gasteiger partial charge in [-0.1, -0.05) is 6.07 Å². The molecule has 0 aromatic carbocycles. The summed E-state index contributed by atoms with van der Waals surface area (Å²) >= 11 is 0. The van der Waals surface area contributed by atoms with Gasteiger partial charge in [0, 0.05) is 18.8 Å². The van der Waals surface area contributed by atoms with Crippen molar-refractivity contribution in [3.63, 3.8) is 0 Å². The van der Waals surface area contributed by atoms with E-state index >= 15 is 0 Å². The van der Waals surface area contributed by atoms with Crippen LogP contribution in [0.3, 0.4) is 0 Å². The zero-order valence-corrected chi connectivity index (χ0v) is 12.5. The molecule has 1 heterocycles. The van der Waals surface area contributed by atoms with E-state index in [1.54, 1.807) is 38.3 Å². The lowest BCUT2D eigenvalue weighted by Crippen LogP contribution is -2.33. The molecule has 1 radical (unpaired) electrons. The van der Waals surface area contributed by atoms with Crippen molar-refractivity contribution in [2.45, 2.75) is 13.8 Å². The lowest BCUT2D eigenvalue weighted by molar-refractivity contribution is -0.176. The lowest BCUT2D eigenvalue weighted by Gasteiger charge is -2.20. The molecular formula is C15H18N3O4. The molecule has 2 amide bonds. The van der Waals surface area contributed by atoms with Gasteiger partial charge in [0.2, 0.25) is 12.2 Å². The summed E-state index contributed by atoms with van der Waals surface area (Å²) in [4.78, 5) is 43.8. The second-order valence-electron chi connectivity index (χ2n) is 4.05. The van der Waals surface area contributed by atoms with Crippen molar-refractivity contribution in [1.82, 2.24) is 15.4 Å². The number of hydrogen-bond acceptors (Lipinski definition) is 5. The summed E-state index contributed by atoms with van der Waals surface area (Å²) in [6, 6.07) is 5.02. The maximum atomic E-state index is 12.5. The van der Waals surface area contributed by atoms with E-state index in [4.69, 9.17) is 4.84 Å². The number of hydrogen-bond donors (Lipinski definition) is 1. The molecule has 0 fully saturated rings. The van der Waals surface area contributed by atoms with Crippen LogP contribution < -0.4 is 5.32 Å². The molecule has 0 unspecified atom stereocenters. The average Bonchev–Trinajstić information content (AvgIpc) is 2.55. The number of nitrogens with zero attached hydrogens (tertiary/aromatic N) is 2. The molecule has 1 rings (SSSR count). The van der Waals surface area contributed by atoms with E-state index in [0.717, 1.165) is 11.1 Å². The first-order valence-electron chi connectivity index (χ1n) is 6.84. The molecule has 22 heavy (non-hydrogen) atoms. The fourth-order valence-electron chi connectivity index (χ4n) is 1.66. The summed E-state index contributed by atoms with van der Waals surface area (Å²) in [6.45, 7) is 3.90. The Morgan fingerprint density at radius 2 is 2.18 bits per heavy atom. The van der Waals surface area contributed by atoms with Gasteiger partial charge in [-0.05, 0) is 26.0 Å². The van der Waals surface area contributed by atoms with E-state index in [1.807, 2.05) is 0 Å². The molecule has 117 valence electrons. The number of rotatable bonds is 8. The number of hydroxylamine groups is 2. The van der Waals surface area contributed by atoms with Gasteiger partial charge in [-0.25, -0.2) is 5.06 Å². The Morgan fingerprint density at radius 3 is 2.73 bits per heavy atom. The molecule has 0 saturated heterocycles. The predicted octanol–water partition coefficient (Wildman–Crippen LogP) is 0.491. The molecule has 1 aromatic heterocycles. The summed E-state index contributed by atoms with van der Waals surface area (Å²) in [5.41, 5.74) is 0.426.